The molecule has 0 amide bonds. The summed E-state index contributed by atoms with van der Waals surface area (Å²) in [6, 6.07) is 7.57. The van der Waals surface area contributed by atoms with Gasteiger partial charge in [0.2, 0.25) is 0 Å². The molecule has 0 spiro atoms. The number of ether oxygens (including phenoxy) is 2. The van der Waals surface area contributed by atoms with Gasteiger partial charge in [0, 0.05) is 13.0 Å². The standard InChI is InChI=1S/C12H14ClNO2S/c1-15-9-2-4-10(5-3-9)16-11-6-7-14(8-11)12(13)17/h2-5,11H,6-8H2,1H3. The fourth-order valence-corrected chi connectivity index (χ4v) is 2.15. The summed E-state index contributed by atoms with van der Waals surface area (Å²) in [5, 5.41) is 0. The Morgan fingerprint density at radius 1 is 1.35 bits per heavy atom. The average Bonchev–Trinajstić information content (AvgIpc) is 2.79. The summed E-state index contributed by atoms with van der Waals surface area (Å²) < 4.78 is 11.4. The van der Waals surface area contributed by atoms with Crippen molar-refractivity contribution in [2.45, 2.75) is 12.5 Å². The number of likely N-dealkylation sites (tertiary alicyclic amines) is 1. The third kappa shape index (κ3) is 3.23. The lowest BCUT2D eigenvalue weighted by Gasteiger charge is -2.16. The highest BCUT2D eigenvalue weighted by atomic mass is 35.5. The van der Waals surface area contributed by atoms with Crippen LogP contribution in [0.25, 0.3) is 0 Å². The fraction of sp³-hybridized carbons (Fsp3) is 0.417. The lowest BCUT2D eigenvalue weighted by molar-refractivity contribution is 0.215. The average molecular weight is 272 g/mol. The van der Waals surface area contributed by atoms with E-state index in [9.17, 15) is 0 Å². The number of thiocarbonyl (C=S) groups is 1. The number of nitrogens with zero attached hydrogens (tertiary/aromatic N) is 1. The molecular formula is C12H14ClNO2S. The Morgan fingerprint density at radius 3 is 2.53 bits per heavy atom. The summed E-state index contributed by atoms with van der Waals surface area (Å²) in [6.07, 6.45) is 1.10. The van der Waals surface area contributed by atoms with E-state index in [4.69, 9.17) is 33.3 Å². The van der Waals surface area contributed by atoms with Gasteiger partial charge in [0.15, 0.2) is 4.45 Å². The minimum atomic E-state index is 0.153. The van der Waals surface area contributed by atoms with Gasteiger partial charge >= 0.3 is 0 Å². The summed E-state index contributed by atoms with van der Waals surface area (Å²) >= 11 is 10.7. The Balaban J connectivity index is 1.91. The van der Waals surface area contributed by atoms with E-state index in [-0.39, 0.29) is 6.10 Å². The zero-order valence-corrected chi connectivity index (χ0v) is 11.1. The smallest absolute Gasteiger partial charge is 0.170 e. The first-order valence-electron chi connectivity index (χ1n) is 5.44. The zero-order valence-electron chi connectivity index (χ0n) is 9.56. The highest BCUT2D eigenvalue weighted by Gasteiger charge is 2.24. The number of hydrogen-bond donors (Lipinski definition) is 0. The van der Waals surface area contributed by atoms with Crippen molar-refractivity contribution in [3.8, 4) is 11.5 Å². The highest BCUT2D eigenvalue weighted by Crippen LogP contribution is 2.21. The second kappa shape index (κ2) is 5.56. The second-order valence-corrected chi connectivity index (χ2v) is 4.87. The van der Waals surface area contributed by atoms with Crippen LogP contribution < -0.4 is 9.47 Å². The molecule has 1 aromatic carbocycles. The van der Waals surface area contributed by atoms with Gasteiger partial charge in [0.1, 0.15) is 17.6 Å². The van der Waals surface area contributed by atoms with E-state index in [2.05, 4.69) is 0 Å². The molecule has 1 aliphatic rings. The van der Waals surface area contributed by atoms with Gasteiger partial charge in [0.05, 0.1) is 13.7 Å². The third-order valence-corrected chi connectivity index (χ3v) is 3.25. The summed E-state index contributed by atoms with van der Waals surface area (Å²) in [7, 11) is 1.64. The van der Waals surface area contributed by atoms with Crippen LogP contribution in [0.1, 0.15) is 6.42 Å². The summed E-state index contributed by atoms with van der Waals surface area (Å²) in [4.78, 5) is 1.95. The van der Waals surface area contributed by atoms with Crippen LogP contribution in [0.4, 0.5) is 0 Å². The maximum atomic E-state index is 5.84. The molecule has 1 unspecified atom stereocenters. The van der Waals surface area contributed by atoms with E-state index < -0.39 is 0 Å². The second-order valence-electron chi connectivity index (χ2n) is 3.90. The van der Waals surface area contributed by atoms with Crippen LogP contribution in [-0.2, 0) is 0 Å². The van der Waals surface area contributed by atoms with Crippen LogP contribution in [0.15, 0.2) is 24.3 Å². The summed E-state index contributed by atoms with van der Waals surface area (Å²) in [5.74, 6) is 1.67. The number of methoxy groups -OCH3 is 1. The molecule has 0 saturated carbocycles. The number of halogens is 1. The summed E-state index contributed by atoms with van der Waals surface area (Å²) in [5.41, 5.74) is 0. The monoisotopic (exact) mass is 271 g/mol. The van der Waals surface area contributed by atoms with Crippen molar-refractivity contribution in [2.75, 3.05) is 20.2 Å². The van der Waals surface area contributed by atoms with E-state index in [1.54, 1.807) is 7.11 Å². The van der Waals surface area contributed by atoms with Crippen molar-refractivity contribution in [3.05, 3.63) is 24.3 Å². The number of rotatable bonds is 3. The molecule has 1 aliphatic heterocycles. The van der Waals surface area contributed by atoms with Crippen LogP contribution in [-0.4, -0.2) is 35.7 Å². The number of benzene rings is 1. The molecule has 0 N–H and O–H groups in total. The van der Waals surface area contributed by atoms with Gasteiger partial charge in [-0.15, -0.1) is 0 Å². The van der Waals surface area contributed by atoms with Crippen LogP contribution in [0.5, 0.6) is 11.5 Å². The first-order valence-corrected chi connectivity index (χ1v) is 6.23. The highest BCUT2D eigenvalue weighted by molar-refractivity contribution is 7.83. The van der Waals surface area contributed by atoms with Crippen molar-refractivity contribution >= 4 is 28.3 Å². The maximum absolute atomic E-state index is 5.84. The van der Waals surface area contributed by atoms with Crippen LogP contribution in [0, 0.1) is 0 Å². The Labute approximate surface area is 111 Å². The number of hydrogen-bond acceptors (Lipinski definition) is 3. The van der Waals surface area contributed by atoms with Crippen LogP contribution in [0.3, 0.4) is 0 Å². The van der Waals surface area contributed by atoms with Gasteiger partial charge < -0.3 is 14.4 Å². The van der Waals surface area contributed by atoms with Gasteiger partial charge in [0.25, 0.3) is 0 Å². The third-order valence-electron chi connectivity index (χ3n) is 2.76. The van der Waals surface area contributed by atoms with E-state index in [1.807, 2.05) is 29.2 Å². The predicted octanol–water partition coefficient (Wildman–Crippen LogP) is 2.67. The van der Waals surface area contributed by atoms with E-state index in [0.717, 1.165) is 31.0 Å². The first-order chi connectivity index (χ1) is 8.19. The lowest BCUT2D eigenvalue weighted by Crippen LogP contribution is -2.26. The molecule has 1 saturated heterocycles. The molecular weight excluding hydrogens is 258 g/mol. The van der Waals surface area contributed by atoms with Crippen LogP contribution >= 0.6 is 23.8 Å². The molecule has 0 aromatic heterocycles. The fourth-order valence-electron chi connectivity index (χ4n) is 1.83. The Morgan fingerprint density at radius 2 is 2.00 bits per heavy atom. The van der Waals surface area contributed by atoms with Gasteiger partial charge in [-0.05, 0) is 36.5 Å². The van der Waals surface area contributed by atoms with Crippen LogP contribution in [0.2, 0.25) is 0 Å². The Hall–Kier alpha value is -1.00. The molecule has 1 fully saturated rings. The Kier molecular flexibility index (Phi) is 4.07. The maximum Gasteiger partial charge on any atom is 0.170 e. The molecule has 0 radical (unpaired) electrons. The lowest BCUT2D eigenvalue weighted by atomic mass is 10.3. The molecule has 1 atom stereocenters. The van der Waals surface area contributed by atoms with Crippen molar-refractivity contribution in [1.82, 2.24) is 4.90 Å². The molecule has 5 heteroatoms. The Bertz CT molecular complexity index is 396. The minimum Gasteiger partial charge on any atom is -0.497 e. The molecule has 1 heterocycles. The quantitative estimate of drug-likeness (QED) is 0.479. The topological polar surface area (TPSA) is 21.7 Å². The van der Waals surface area contributed by atoms with Crippen molar-refractivity contribution in [1.29, 1.82) is 0 Å². The van der Waals surface area contributed by atoms with Gasteiger partial charge in [-0.25, -0.2) is 0 Å². The van der Waals surface area contributed by atoms with E-state index >= 15 is 0 Å². The largest absolute Gasteiger partial charge is 0.497 e. The SMILES string of the molecule is COc1ccc(OC2CCN(C(=S)Cl)C2)cc1. The normalized spacial score (nSPS) is 19.2. The molecule has 92 valence electrons. The molecule has 0 bridgehead atoms. The van der Waals surface area contributed by atoms with Crippen molar-refractivity contribution < 1.29 is 9.47 Å². The zero-order chi connectivity index (χ0) is 12.3. The molecule has 0 aliphatic carbocycles. The van der Waals surface area contributed by atoms with Crippen molar-refractivity contribution in [2.24, 2.45) is 0 Å². The molecule has 3 nitrogen and oxygen atoms in total. The predicted molar refractivity (Wildman–Crippen MR) is 72.1 cm³/mol. The van der Waals surface area contributed by atoms with Gasteiger partial charge in [-0.1, -0.05) is 11.6 Å². The van der Waals surface area contributed by atoms with Crippen molar-refractivity contribution in [3.63, 3.8) is 0 Å². The van der Waals surface area contributed by atoms with Gasteiger partial charge in [-0.2, -0.15) is 0 Å². The van der Waals surface area contributed by atoms with Gasteiger partial charge in [-0.3, -0.25) is 0 Å². The van der Waals surface area contributed by atoms with E-state index in [0.29, 0.717) is 4.45 Å². The van der Waals surface area contributed by atoms with E-state index in [1.165, 1.54) is 0 Å². The summed E-state index contributed by atoms with van der Waals surface area (Å²) in [6.45, 7) is 1.62. The molecule has 17 heavy (non-hydrogen) atoms. The first kappa shape index (κ1) is 12.5. The molecule has 2 rings (SSSR count). The molecule has 1 aromatic rings. The minimum absolute atomic E-state index is 0.153.